The molecule has 0 N–H and O–H groups in total. The summed E-state index contributed by atoms with van der Waals surface area (Å²) in [6.07, 6.45) is 4.37. The van der Waals surface area contributed by atoms with Gasteiger partial charge in [0.05, 0.1) is 23.1 Å². The van der Waals surface area contributed by atoms with Crippen LogP contribution >= 0.6 is 23.1 Å². The molecule has 7 nitrogen and oxygen atoms in total. The van der Waals surface area contributed by atoms with Crippen molar-refractivity contribution in [2.75, 3.05) is 62.4 Å². The third-order valence-electron chi connectivity index (χ3n) is 6.14. The van der Waals surface area contributed by atoms with E-state index in [-0.39, 0.29) is 5.91 Å². The monoisotopic (exact) mass is 469 g/mol. The lowest BCUT2D eigenvalue weighted by Gasteiger charge is -2.36. The maximum absolute atomic E-state index is 13.3. The molecule has 0 spiro atoms. The second-order valence-electron chi connectivity index (χ2n) is 8.01. The van der Waals surface area contributed by atoms with E-state index < -0.39 is 0 Å². The third-order valence-corrected chi connectivity index (χ3v) is 7.71. The Hall–Kier alpha value is -2.52. The van der Waals surface area contributed by atoms with E-state index in [1.165, 1.54) is 24.2 Å². The topological polar surface area (TPSA) is 61.8 Å². The Morgan fingerprint density at radius 3 is 2.50 bits per heavy atom. The van der Waals surface area contributed by atoms with Gasteiger partial charge in [0.25, 0.3) is 5.91 Å². The largest absolute Gasteiger partial charge is 0.495 e. The number of nitrogens with zero attached hydrogens (tertiary/aromatic N) is 5. The van der Waals surface area contributed by atoms with E-state index >= 15 is 0 Å². The Bertz CT molecular complexity index is 1120. The van der Waals surface area contributed by atoms with Gasteiger partial charge < -0.3 is 19.4 Å². The molecule has 0 radical (unpaired) electrons. The lowest BCUT2D eigenvalue weighted by molar-refractivity contribution is 0.0751. The molecule has 2 aliphatic heterocycles. The van der Waals surface area contributed by atoms with Gasteiger partial charge in [0.2, 0.25) is 0 Å². The van der Waals surface area contributed by atoms with Gasteiger partial charge in [-0.2, -0.15) is 0 Å². The van der Waals surface area contributed by atoms with Crippen molar-refractivity contribution in [3.8, 4) is 5.75 Å². The van der Waals surface area contributed by atoms with Crippen LogP contribution in [0.25, 0.3) is 10.2 Å². The Labute approximate surface area is 196 Å². The van der Waals surface area contributed by atoms with Gasteiger partial charge in [-0.25, -0.2) is 9.97 Å². The van der Waals surface area contributed by atoms with Crippen LogP contribution in [0.1, 0.15) is 22.5 Å². The van der Waals surface area contributed by atoms with E-state index in [9.17, 15) is 4.79 Å². The highest BCUT2D eigenvalue weighted by Gasteiger charge is 2.27. The zero-order chi connectivity index (χ0) is 22.1. The lowest BCUT2D eigenvalue weighted by Crippen LogP contribution is -2.48. The molecule has 4 heterocycles. The molecule has 5 rings (SSSR count). The van der Waals surface area contributed by atoms with Crippen LogP contribution in [-0.4, -0.2) is 73.4 Å². The van der Waals surface area contributed by atoms with Crippen LogP contribution < -0.4 is 14.5 Å². The molecule has 2 fully saturated rings. The number of piperazine rings is 1. The third kappa shape index (κ3) is 3.99. The number of amides is 1. The van der Waals surface area contributed by atoms with Crippen molar-refractivity contribution in [2.24, 2.45) is 0 Å². The zero-order valence-corrected chi connectivity index (χ0v) is 20.0. The predicted octanol–water partition coefficient (Wildman–Crippen LogP) is 3.98. The van der Waals surface area contributed by atoms with E-state index in [0.29, 0.717) is 13.1 Å². The molecular formula is C23H27N5O2S2. The number of thiophene rings is 1. The lowest BCUT2D eigenvalue weighted by atomic mass is 10.2. The van der Waals surface area contributed by atoms with Crippen LogP contribution in [0, 0.1) is 0 Å². The molecule has 0 unspecified atom stereocenters. The van der Waals surface area contributed by atoms with E-state index in [0.717, 1.165) is 63.7 Å². The fraction of sp³-hybridized carbons (Fsp3) is 0.435. The summed E-state index contributed by atoms with van der Waals surface area (Å²) in [6, 6.07) is 10.1. The first-order valence-corrected chi connectivity index (χ1v) is 13.0. The smallest absolute Gasteiger partial charge is 0.264 e. The highest BCUT2D eigenvalue weighted by molar-refractivity contribution is 7.98. The summed E-state index contributed by atoms with van der Waals surface area (Å²) in [7, 11) is 1.70. The minimum atomic E-state index is 0.0887. The molecule has 1 aromatic carbocycles. The number of para-hydroxylation sites is 2. The SMILES string of the molecule is COc1ccccc1N1CCN(C(=O)c2cc3c(N4CCCC4)nc(SC)nc3s2)CC1. The van der Waals surface area contributed by atoms with Crippen molar-refractivity contribution in [2.45, 2.75) is 18.0 Å². The van der Waals surface area contributed by atoms with Crippen molar-refractivity contribution in [3.63, 3.8) is 0 Å². The molecule has 0 bridgehead atoms. The Morgan fingerprint density at radius 1 is 1.03 bits per heavy atom. The number of carbonyl (C=O) groups excluding carboxylic acids is 1. The fourth-order valence-corrected chi connectivity index (χ4v) is 5.86. The number of fused-ring (bicyclic) bond motifs is 1. The number of aromatic nitrogens is 2. The van der Waals surface area contributed by atoms with Crippen molar-refractivity contribution >= 4 is 50.7 Å². The summed E-state index contributed by atoms with van der Waals surface area (Å²) < 4.78 is 5.51. The van der Waals surface area contributed by atoms with Crippen molar-refractivity contribution in [3.05, 3.63) is 35.2 Å². The van der Waals surface area contributed by atoms with Crippen molar-refractivity contribution in [1.29, 1.82) is 0 Å². The highest BCUT2D eigenvalue weighted by atomic mass is 32.2. The molecule has 168 valence electrons. The second-order valence-corrected chi connectivity index (χ2v) is 9.81. The van der Waals surface area contributed by atoms with Crippen LogP contribution in [0.5, 0.6) is 5.75 Å². The Kier molecular flexibility index (Phi) is 6.10. The molecule has 2 aromatic heterocycles. The molecule has 0 saturated carbocycles. The van der Waals surface area contributed by atoms with Gasteiger partial charge in [0.15, 0.2) is 5.16 Å². The highest BCUT2D eigenvalue weighted by Crippen LogP contribution is 2.35. The standard InChI is InChI=1S/C23H27N5O2S2/c1-30-18-8-4-3-7-17(18)26-11-13-28(14-12-26)22(29)19-15-16-20(27-9-5-6-10-27)24-23(31-2)25-21(16)32-19/h3-4,7-8,15H,5-6,9-14H2,1-2H3. The van der Waals surface area contributed by atoms with Gasteiger partial charge in [0, 0.05) is 39.3 Å². The van der Waals surface area contributed by atoms with E-state index in [1.54, 1.807) is 18.9 Å². The van der Waals surface area contributed by atoms with E-state index in [4.69, 9.17) is 14.7 Å². The Morgan fingerprint density at radius 2 is 1.78 bits per heavy atom. The molecule has 2 saturated heterocycles. The normalized spacial score (nSPS) is 16.8. The number of rotatable bonds is 5. The summed E-state index contributed by atoms with van der Waals surface area (Å²) in [5.74, 6) is 1.94. The second kappa shape index (κ2) is 9.15. The number of benzene rings is 1. The summed E-state index contributed by atoms with van der Waals surface area (Å²) in [6.45, 7) is 4.98. The Balaban J connectivity index is 1.36. The number of carbonyl (C=O) groups is 1. The average Bonchev–Trinajstić information content (AvgIpc) is 3.53. The minimum Gasteiger partial charge on any atom is -0.495 e. The van der Waals surface area contributed by atoms with Gasteiger partial charge in [-0.3, -0.25) is 4.79 Å². The number of hydrogen-bond acceptors (Lipinski definition) is 8. The number of hydrogen-bond donors (Lipinski definition) is 0. The zero-order valence-electron chi connectivity index (χ0n) is 18.4. The first-order chi connectivity index (χ1) is 15.7. The van der Waals surface area contributed by atoms with Gasteiger partial charge in [-0.15, -0.1) is 11.3 Å². The van der Waals surface area contributed by atoms with Crippen molar-refractivity contribution in [1.82, 2.24) is 14.9 Å². The molecule has 2 aliphatic rings. The molecule has 9 heteroatoms. The number of thioether (sulfide) groups is 1. The quantitative estimate of drug-likeness (QED) is 0.414. The van der Waals surface area contributed by atoms with Gasteiger partial charge in [0.1, 0.15) is 16.4 Å². The minimum absolute atomic E-state index is 0.0887. The van der Waals surface area contributed by atoms with Crippen LogP contribution in [0.2, 0.25) is 0 Å². The number of ether oxygens (including phenoxy) is 1. The summed E-state index contributed by atoms with van der Waals surface area (Å²) in [5, 5.41) is 1.77. The van der Waals surface area contributed by atoms with Crippen LogP contribution in [0.4, 0.5) is 11.5 Å². The van der Waals surface area contributed by atoms with Gasteiger partial charge in [-0.05, 0) is 37.3 Å². The average molecular weight is 470 g/mol. The fourth-order valence-electron chi connectivity index (χ4n) is 4.45. The molecule has 0 atom stereocenters. The molecule has 32 heavy (non-hydrogen) atoms. The number of anilines is 2. The summed E-state index contributed by atoms with van der Waals surface area (Å²) in [5.41, 5.74) is 1.08. The molecule has 0 aliphatic carbocycles. The van der Waals surface area contributed by atoms with E-state index in [2.05, 4.69) is 15.9 Å². The van der Waals surface area contributed by atoms with Gasteiger partial charge in [-0.1, -0.05) is 23.9 Å². The maximum atomic E-state index is 13.3. The van der Waals surface area contributed by atoms with Crippen molar-refractivity contribution < 1.29 is 9.53 Å². The first kappa shape index (κ1) is 21.3. The van der Waals surface area contributed by atoms with Crippen LogP contribution in [0.3, 0.4) is 0 Å². The van der Waals surface area contributed by atoms with E-state index in [1.807, 2.05) is 35.4 Å². The first-order valence-electron chi connectivity index (χ1n) is 11.0. The molecule has 3 aromatic rings. The predicted molar refractivity (Wildman–Crippen MR) is 132 cm³/mol. The molecule has 1 amide bonds. The molecular weight excluding hydrogens is 442 g/mol. The summed E-state index contributed by atoms with van der Waals surface area (Å²) in [4.78, 5) is 31.1. The number of methoxy groups -OCH3 is 1. The maximum Gasteiger partial charge on any atom is 0.264 e. The van der Waals surface area contributed by atoms with Crippen LogP contribution in [-0.2, 0) is 0 Å². The van der Waals surface area contributed by atoms with Crippen LogP contribution in [0.15, 0.2) is 35.5 Å². The van der Waals surface area contributed by atoms with Gasteiger partial charge >= 0.3 is 0 Å². The summed E-state index contributed by atoms with van der Waals surface area (Å²) >= 11 is 3.04.